The van der Waals surface area contributed by atoms with Crippen LogP contribution < -0.4 is 0 Å². The average molecular weight is 94.0 g/mol. The van der Waals surface area contributed by atoms with Gasteiger partial charge in [-0.25, -0.2) is 0 Å². The summed E-state index contributed by atoms with van der Waals surface area (Å²) in [6.07, 6.45) is 0. The summed E-state index contributed by atoms with van der Waals surface area (Å²) in [5, 5.41) is 0. The van der Waals surface area contributed by atoms with Gasteiger partial charge in [-0.1, -0.05) is 13.8 Å². The molecule has 0 rings (SSSR count). The second-order valence-electron chi connectivity index (χ2n) is 2.09. The predicted molar refractivity (Wildman–Crippen MR) is 36.8 cm³/mol. The maximum Gasteiger partial charge on any atom is 0.179 e. The Morgan fingerprint density at radius 2 is 1.43 bits per heavy atom. The summed E-state index contributed by atoms with van der Waals surface area (Å²) in [7, 11) is 0.972. The quantitative estimate of drug-likeness (QED) is 0.454. The van der Waals surface area contributed by atoms with Gasteiger partial charge in [0.1, 0.15) is 0 Å². The average Bonchev–Trinajstić information content (AvgIpc) is 1.27. The van der Waals surface area contributed by atoms with Gasteiger partial charge in [-0.05, 0) is 0 Å². The summed E-state index contributed by atoms with van der Waals surface area (Å²) in [6, 6.07) is 0. The van der Waals surface area contributed by atoms with Gasteiger partial charge in [-0.3, -0.25) is 0 Å². The van der Waals surface area contributed by atoms with Crippen molar-refractivity contribution in [3.05, 3.63) is 24.1 Å². The van der Waals surface area contributed by atoms with Crippen LogP contribution in [-0.2, 0) is 0 Å². The number of hydrogen-bond acceptors (Lipinski definition) is 0. The molecule has 0 atom stereocenters. The minimum Gasteiger partial charge on any atom is -0.110 e. The van der Waals surface area contributed by atoms with Gasteiger partial charge in [0, 0.05) is 0 Å². The highest BCUT2D eigenvalue weighted by Gasteiger charge is 1.86. The van der Waals surface area contributed by atoms with Crippen molar-refractivity contribution in [1.29, 1.82) is 0 Å². The van der Waals surface area contributed by atoms with Crippen LogP contribution in [0.1, 0.15) is 13.8 Å². The Morgan fingerprint density at radius 3 is 1.43 bits per heavy atom. The lowest BCUT2D eigenvalue weighted by Crippen LogP contribution is -1.90. The Morgan fingerprint density at radius 1 is 1.14 bits per heavy atom. The second kappa shape index (κ2) is 2.67. The van der Waals surface area contributed by atoms with Gasteiger partial charge in [-0.2, -0.15) is 0 Å². The summed E-state index contributed by atoms with van der Waals surface area (Å²) >= 11 is 0. The fourth-order valence-corrected chi connectivity index (χ4v) is 0.515. The van der Waals surface area contributed by atoms with Crippen LogP contribution in [0.2, 0.25) is 0 Å². The van der Waals surface area contributed by atoms with Crippen LogP contribution in [0.25, 0.3) is 0 Å². The highest BCUT2D eigenvalue weighted by Crippen LogP contribution is 1.90. The molecule has 0 saturated heterocycles. The van der Waals surface area contributed by atoms with Crippen molar-refractivity contribution in [2.45, 2.75) is 13.8 Å². The molecule has 0 bridgehead atoms. The largest absolute Gasteiger partial charge is 0.179 e. The summed E-state index contributed by atoms with van der Waals surface area (Å²) in [4.78, 5) is 0. The summed E-state index contributed by atoms with van der Waals surface area (Å²) in [5.41, 5.74) is 2.38. The zero-order valence-corrected chi connectivity index (χ0v) is 5.12. The van der Waals surface area contributed by atoms with E-state index in [-0.39, 0.29) is 0 Å². The van der Waals surface area contributed by atoms with E-state index in [0.717, 1.165) is 7.28 Å². The van der Waals surface area contributed by atoms with Crippen molar-refractivity contribution in [1.82, 2.24) is 0 Å². The van der Waals surface area contributed by atoms with Crippen LogP contribution in [0.5, 0.6) is 0 Å². The first kappa shape index (κ1) is 6.54. The van der Waals surface area contributed by atoms with Crippen molar-refractivity contribution < 1.29 is 0 Å². The molecule has 0 unspecified atom stereocenters. The molecule has 0 aliphatic carbocycles. The van der Waals surface area contributed by atoms with E-state index in [1.165, 1.54) is 10.9 Å². The Kier molecular flexibility index (Phi) is 2.50. The zero-order valence-electron chi connectivity index (χ0n) is 5.12. The minimum absolute atomic E-state index is 0.972. The molecule has 0 heterocycles. The minimum atomic E-state index is 0.972. The summed E-state index contributed by atoms with van der Waals surface area (Å²) in [6.45, 7) is 11.5. The third-order valence-corrected chi connectivity index (χ3v) is 0.604. The smallest absolute Gasteiger partial charge is 0.110 e. The standard InChI is InChI=1S/C6H11B/c1-5(2)7-6(3)4/h7H,1,3H2,2,4H3. The number of allylic oxidation sites excluding steroid dienone is 2. The molecule has 0 aromatic heterocycles. The summed E-state index contributed by atoms with van der Waals surface area (Å²) in [5.74, 6) is 0. The molecule has 1 heteroatoms. The van der Waals surface area contributed by atoms with Gasteiger partial charge < -0.3 is 0 Å². The molecule has 0 aliphatic heterocycles. The van der Waals surface area contributed by atoms with E-state index >= 15 is 0 Å². The topological polar surface area (TPSA) is 0 Å². The van der Waals surface area contributed by atoms with E-state index in [4.69, 9.17) is 0 Å². The van der Waals surface area contributed by atoms with Gasteiger partial charge in [0.2, 0.25) is 0 Å². The monoisotopic (exact) mass is 94.1 g/mol. The van der Waals surface area contributed by atoms with Crippen molar-refractivity contribution in [2.75, 3.05) is 0 Å². The van der Waals surface area contributed by atoms with Gasteiger partial charge in [-0.15, -0.1) is 24.1 Å². The fraction of sp³-hybridized carbons (Fsp3) is 0.333. The molecule has 0 fully saturated rings. The molecule has 0 aliphatic rings. The highest BCUT2D eigenvalue weighted by molar-refractivity contribution is 6.53. The van der Waals surface area contributed by atoms with Crippen LogP contribution in [-0.4, -0.2) is 7.28 Å². The lowest BCUT2D eigenvalue weighted by atomic mass is 9.65. The summed E-state index contributed by atoms with van der Waals surface area (Å²) < 4.78 is 0. The first-order valence-corrected chi connectivity index (χ1v) is 2.41. The lowest BCUT2D eigenvalue weighted by Gasteiger charge is -1.89. The molecular formula is C6H11B. The zero-order chi connectivity index (χ0) is 5.86. The van der Waals surface area contributed by atoms with E-state index in [2.05, 4.69) is 13.2 Å². The molecule has 0 saturated carbocycles. The SMILES string of the molecule is C=C(C)BC(=C)C. The van der Waals surface area contributed by atoms with Crippen LogP contribution in [0.3, 0.4) is 0 Å². The lowest BCUT2D eigenvalue weighted by molar-refractivity contribution is 1.63. The second-order valence-corrected chi connectivity index (χ2v) is 2.09. The maximum atomic E-state index is 3.73. The molecule has 7 heavy (non-hydrogen) atoms. The molecule has 0 nitrogen and oxygen atoms in total. The molecule has 0 aromatic rings. The third kappa shape index (κ3) is 5.54. The van der Waals surface area contributed by atoms with Crippen molar-refractivity contribution in [3.63, 3.8) is 0 Å². The van der Waals surface area contributed by atoms with E-state index in [9.17, 15) is 0 Å². The van der Waals surface area contributed by atoms with Crippen LogP contribution in [0.4, 0.5) is 0 Å². The Labute approximate surface area is 46.2 Å². The third-order valence-electron chi connectivity index (χ3n) is 0.604. The number of hydrogen-bond donors (Lipinski definition) is 0. The molecule has 0 radical (unpaired) electrons. The molecule has 0 aromatic carbocycles. The van der Waals surface area contributed by atoms with E-state index in [0.29, 0.717) is 0 Å². The Balaban J connectivity index is 3.32. The van der Waals surface area contributed by atoms with Gasteiger partial charge in [0.05, 0.1) is 0 Å². The number of rotatable bonds is 2. The highest BCUT2D eigenvalue weighted by atomic mass is 13.6. The predicted octanol–water partition coefficient (Wildman–Crippen LogP) is 1.49. The first-order chi connectivity index (χ1) is 3.13. The van der Waals surface area contributed by atoms with E-state index < -0.39 is 0 Å². The molecule has 0 spiro atoms. The van der Waals surface area contributed by atoms with Gasteiger partial charge in [0.15, 0.2) is 7.28 Å². The normalized spacial score (nSPS) is 7.71. The van der Waals surface area contributed by atoms with E-state index in [1.54, 1.807) is 0 Å². The van der Waals surface area contributed by atoms with Crippen LogP contribution in [0.15, 0.2) is 24.1 Å². The Hall–Kier alpha value is -0.455. The van der Waals surface area contributed by atoms with Crippen molar-refractivity contribution in [2.24, 2.45) is 0 Å². The molecular weight excluding hydrogens is 82.9 g/mol. The molecule has 0 N–H and O–H groups in total. The van der Waals surface area contributed by atoms with Gasteiger partial charge in [0.25, 0.3) is 0 Å². The molecule has 0 amide bonds. The van der Waals surface area contributed by atoms with E-state index in [1.807, 2.05) is 13.8 Å². The molecule has 38 valence electrons. The first-order valence-electron chi connectivity index (χ1n) is 2.41. The van der Waals surface area contributed by atoms with Crippen LogP contribution >= 0.6 is 0 Å². The Bertz CT molecular complexity index is 80.4. The fourth-order valence-electron chi connectivity index (χ4n) is 0.515. The maximum absolute atomic E-state index is 3.73. The van der Waals surface area contributed by atoms with Gasteiger partial charge >= 0.3 is 0 Å². The van der Waals surface area contributed by atoms with Crippen LogP contribution in [0, 0.1) is 0 Å². The van der Waals surface area contributed by atoms with Crippen molar-refractivity contribution >= 4 is 7.28 Å². The van der Waals surface area contributed by atoms with Crippen molar-refractivity contribution in [3.8, 4) is 0 Å².